The summed E-state index contributed by atoms with van der Waals surface area (Å²) in [5.74, 6) is 1.99. The Bertz CT molecular complexity index is 759. The highest BCUT2D eigenvalue weighted by molar-refractivity contribution is 5.83. The predicted molar refractivity (Wildman–Crippen MR) is 102 cm³/mol. The lowest BCUT2D eigenvalue weighted by Gasteiger charge is -2.33. The van der Waals surface area contributed by atoms with Gasteiger partial charge in [0.15, 0.2) is 0 Å². The van der Waals surface area contributed by atoms with Crippen LogP contribution in [0.2, 0.25) is 0 Å². The van der Waals surface area contributed by atoms with Crippen molar-refractivity contribution in [1.29, 1.82) is 0 Å². The van der Waals surface area contributed by atoms with E-state index in [0.29, 0.717) is 11.8 Å². The molecule has 1 aromatic carbocycles. The van der Waals surface area contributed by atoms with Crippen molar-refractivity contribution in [1.82, 2.24) is 9.88 Å². The van der Waals surface area contributed by atoms with Crippen molar-refractivity contribution in [3.05, 3.63) is 35.9 Å². The average molecular weight is 337 g/mol. The number of aromatic nitrogens is 1. The molecule has 4 heteroatoms. The molecule has 0 saturated carbocycles. The zero-order valence-corrected chi connectivity index (χ0v) is 15.1. The number of nitrogens with zero attached hydrogens (tertiary/aromatic N) is 3. The molecule has 4 rings (SSSR count). The Morgan fingerprint density at radius 3 is 2.60 bits per heavy atom. The lowest BCUT2D eigenvalue weighted by molar-refractivity contribution is -0.131. The standard InChI is InChI=1S/C21H27N3O/c1-16-14-20(22-19-7-3-2-6-18(16)19)23-12-8-17(9-13-23)15-21(25)24-10-4-5-11-24/h2-3,6-7,14,17H,4-5,8-13,15H2,1H3. The topological polar surface area (TPSA) is 36.4 Å². The normalized spacial score (nSPS) is 18.9. The van der Waals surface area contributed by atoms with E-state index >= 15 is 0 Å². The number of piperidine rings is 1. The van der Waals surface area contributed by atoms with Gasteiger partial charge in [0.2, 0.25) is 5.91 Å². The molecule has 3 heterocycles. The summed E-state index contributed by atoms with van der Waals surface area (Å²) in [5.41, 5.74) is 2.36. The molecular weight excluding hydrogens is 310 g/mol. The number of fused-ring (bicyclic) bond motifs is 1. The summed E-state index contributed by atoms with van der Waals surface area (Å²) in [6.45, 7) is 6.11. The predicted octanol–water partition coefficient (Wildman–Crippen LogP) is 3.77. The molecule has 0 aliphatic carbocycles. The molecule has 0 radical (unpaired) electrons. The van der Waals surface area contributed by atoms with E-state index in [9.17, 15) is 4.79 Å². The van der Waals surface area contributed by atoms with Gasteiger partial charge in [-0.15, -0.1) is 0 Å². The fourth-order valence-electron chi connectivity index (χ4n) is 4.20. The summed E-state index contributed by atoms with van der Waals surface area (Å²) in [5, 5.41) is 1.23. The van der Waals surface area contributed by atoms with Crippen LogP contribution in [0.5, 0.6) is 0 Å². The lowest BCUT2D eigenvalue weighted by atomic mass is 9.93. The second-order valence-corrected chi connectivity index (χ2v) is 7.54. The van der Waals surface area contributed by atoms with E-state index in [1.165, 1.54) is 23.8 Å². The van der Waals surface area contributed by atoms with Gasteiger partial charge in [0.1, 0.15) is 5.82 Å². The summed E-state index contributed by atoms with van der Waals surface area (Å²) in [7, 11) is 0. The monoisotopic (exact) mass is 337 g/mol. The van der Waals surface area contributed by atoms with Crippen LogP contribution in [0.15, 0.2) is 30.3 Å². The number of anilines is 1. The first-order chi connectivity index (χ1) is 12.2. The van der Waals surface area contributed by atoms with E-state index in [1.807, 2.05) is 0 Å². The van der Waals surface area contributed by atoms with Crippen LogP contribution in [0.25, 0.3) is 10.9 Å². The minimum atomic E-state index is 0.371. The third kappa shape index (κ3) is 3.48. The minimum Gasteiger partial charge on any atom is -0.357 e. The van der Waals surface area contributed by atoms with Gasteiger partial charge in [0.05, 0.1) is 5.52 Å². The van der Waals surface area contributed by atoms with Crippen LogP contribution in [0.3, 0.4) is 0 Å². The highest BCUT2D eigenvalue weighted by Gasteiger charge is 2.25. The molecule has 2 aliphatic heterocycles. The van der Waals surface area contributed by atoms with Gasteiger partial charge >= 0.3 is 0 Å². The van der Waals surface area contributed by atoms with Crippen LogP contribution in [0.1, 0.15) is 37.7 Å². The van der Waals surface area contributed by atoms with Gasteiger partial charge in [0, 0.05) is 38.0 Å². The van der Waals surface area contributed by atoms with Crippen molar-refractivity contribution in [2.75, 3.05) is 31.1 Å². The number of aryl methyl sites for hydroxylation is 1. The van der Waals surface area contributed by atoms with Crippen LogP contribution < -0.4 is 4.90 Å². The number of benzene rings is 1. The maximum atomic E-state index is 12.4. The Hall–Kier alpha value is -2.10. The largest absolute Gasteiger partial charge is 0.357 e. The van der Waals surface area contributed by atoms with Gasteiger partial charge < -0.3 is 9.80 Å². The molecular formula is C21H27N3O. The van der Waals surface area contributed by atoms with Gasteiger partial charge in [-0.1, -0.05) is 18.2 Å². The van der Waals surface area contributed by atoms with Gasteiger partial charge in [-0.2, -0.15) is 0 Å². The Labute approximate surface area is 149 Å². The van der Waals surface area contributed by atoms with E-state index < -0.39 is 0 Å². The van der Waals surface area contributed by atoms with E-state index in [2.05, 4.69) is 47.1 Å². The van der Waals surface area contributed by atoms with Crippen molar-refractivity contribution in [3.63, 3.8) is 0 Å². The molecule has 2 aliphatic rings. The van der Waals surface area contributed by atoms with Crippen LogP contribution in [-0.4, -0.2) is 42.0 Å². The maximum absolute atomic E-state index is 12.4. The van der Waals surface area contributed by atoms with Gasteiger partial charge in [-0.3, -0.25) is 4.79 Å². The minimum absolute atomic E-state index is 0.371. The van der Waals surface area contributed by atoms with Gasteiger partial charge in [-0.05, 0) is 56.2 Å². The Morgan fingerprint density at radius 2 is 1.84 bits per heavy atom. The first-order valence-electron chi connectivity index (χ1n) is 9.60. The Balaban J connectivity index is 1.39. The highest BCUT2D eigenvalue weighted by atomic mass is 16.2. The molecule has 0 spiro atoms. The zero-order chi connectivity index (χ0) is 17.2. The summed E-state index contributed by atoms with van der Waals surface area (Å²) in [6, 6.07) is 10.6. The molecule has 1 amide bonds. The number of pyridine rings is 1. The molecule has 0 N–H and O–H groups in total. The zero-order valence-electron chi connectivity index (χ0n) is 15.1. The number of hydrogen-bond donors (Lipinski definition) is 0. The Morgan fingerprint density at radius 1 is 1.12 bits per heavy atom. The second-order valence-electron chi connectivity index (χ2n) is 7.54. The molecule has 0 bridgehead atoms. The van der Waals surface area contributed by atoms with Crippen molar-refractivity contribution in [2.24, 2.45) is 5.92 Å². The fourth-order valence-corrected chi connectivity index (χ4v) is 4.20. The maximum Gasteiger partial charge on any atom is 0.222 e. The summed E-state index contributed by atoms with van der Waals surface area (Å²) in [4.78, 5) is 21.7. The third-order valence-electron chi connectivity index (χ3n) is 5.77. The quantitative estimate of drug-likeness (QED) is 0.855. The number of carbonyl (C=O) groups excluding carboxylic acids is 1. The van der Waals surface area contributed by atoms with Crippen LogP contribution in [0, 0.1) is 12.8 Å². The van der Waals surface area contributed by atoms with E-state index in [4.69, 9.17) is 4.98 Å². The third-order valence-corrected chi connectivity index (χ3v) is 5.77. The van der Waals surface area contributed by atoms with Crippen LogP contribution in [-0.2, 0) is 4.79 Å². The molecule has 25 heavy (non-hydrogen) atoms. The van der Waals surface area contributed by atoms with E-state index in [1.54, 1.807) is 0 Å². The second kappa shape index (κ2) is 7.03. The van der Waals surface area contributed by atoms with Crippen molar-refractivity contribution < 1.29 is 4.79 Å². The molecule has 0 atom stereocenters. The van der Waals surface area contributed by atoms with Crippen LogP contribution in [0.4, 0.5) is 5.82 Å². The highest BCUT2D eigenvalue weighted by Crippen LogP contribution is 2.28. The van der Waals surface area contributed by atoms with Gasteiger partial charge in [0.25, 0.3) is 0 Å². The summed E-state index contributed by atoms with van der Waals surface area (Å²) >= 11 is 0. The Kier molecular flexibility index (Phi) is 4.60. The number of amides is 1. The number of para-hydroxylation sites is 1. The van der Waals surface area contributed by atoms with Gasteiger partial charge in [-0.25, -0.2) is 4.98 Å². The van der Waals surface area contributed by atoms with Crippen molar-refractivity contribution in [2.45, 2.75) is 39.0 Å². The average Bonchev–Trinajstić information content (AvgIpc) is 3.17. The lowest BCUT2D eigenvalue weighted by Crippen LogP contribution is -2.37. The number of likely N-dealkylation sites (tertiary alicyclic amines) is 1. The summed E-state index contributed by atoms with van der Waals surface area (Å²) in [6.07, 6.45) is 5.27. The fraction of sp³-hybridized carbons (Fsp3) is 0.524. The molecule has 132 valence electrons. The van der Waals surface area contributed by atoms with E-state index in [0.717, 1.165) is 56.8 Å². The number of hydrogen-bond acceptors (Lipinski definition) is 3. The number of carbonyl (C=O) groups is 1. The number of rotatable bonds is 3. The van der Waals surface area contributed by atoms with Crippen molar-refractivity contribution in [3.8, 4) is 0 Å². The summed E-state index contributed by atoms with van der Waals surface area (Å²) < 4.78 is 0. The van der Waals surface area contributed by atoms with E-state index in [-0.39, 0.29) is 0 Å². The SMILES string of the molecule is Cc1cc(N2CCC(CC(=O)N3CCCC3)CC2)nc2ccccc12. The first kappa shape index (κ1) is 16.4. The van der Waals surface area contributed by atoms with Crippen LogP contribution >= 0.6 is 0 Å². The van der Waals surface area contributed by atoms with Crippen molar-refractivity contribution >= 4 is 22.6 Å². The molecule has 2 aromatic rings. The molecule has 2 fully saturated rings. The molecule has 1 aromatic heterocycles. The molecule has 2 saturated heterocycles. The molecule has 4 nitrogen and oxygen atoms in total. The first-order valence-corrected chi connectivity index (χ1v) is 9.60. The smallest absolute Gasteiger partial charge is 0.222 e. The molecule has 0 unspecified atom stereocenters.